The number of hydrogen-bond donors (Lipinski definition) is 2. The molecule has 2 N–H and O–H groups in total. The fraction of sp³-hybridized carbons (Fsp3) is 0.375. The van der Waals surface area contributed by atoms with Gasteiger partial charge in [0.05, 0.1) is 24.3 Å². The van der Waals surface area contributed by atoms with Crippen molar-refractivity contribution in [2.75, 3.05) is 17.2 Å². The van der Waals surface area contributed by atoms with E-state index < -0.39 is 0 Å². The third-order valence-electron chi connectivity index (χ3n) is 3.20. The Bertz CT molecular complexity index is 625. The molecule has 0 atom stereocenters. The van der Waals surface area contributed by atoms with Gasteiger partial charge in [-0.3, -0.25) is 9.78 Å². The molecule has 0 saturated heterocycles. The molecule has 0 aliphatic heterocycles. The Balaban J connectivity index is 1.95. The molecule has 2 aromatic heterocycles. The molecule has 2 rings (SSSR count). The topological polar surface area (TPSA) is 79.8 Å². The number of pyridine rings is 1. The van der Waals surface area contributed by atoms with Gasteiger partial charge in [-0.15, -0.1) is 0 Å². The largest absolute Gasteiger partial charge is 0.369 e. The summed E-state index contributed by atoms with van der Waals surface area (Å²) in [5, 5.41) is 5.97. The first-order valence-electron chi connectivity index (χ1n) is 7.34. The van der Waals surface area contributed by atoms with Crippen LogP contribution in [0.5, 0.6) is 0 Å². The van der Waals surface area contributed by atoms with Gasteiger partial charge >= 0.3 is 0 Å². The Hall–Kier alpha value is -2.50. The molecule has 0 fully saturated rings. The first kappa shape index (κ1) is 15.9. The molecule has 0 aromatic carbocycles. The van der Waals surface area contributed by atoms with E-state index in [9.17, 15) is 4.79 Å². The molecular weight excluding hydrogens is 278 g/mol. The molecule has 116 valence electrons. The first-order valence-corrected chi connectivity index (χ1v) is 7.34. The molecule has 6 heteroatoms. The highest BCUT2D eigenvalue weighted by atomic mass is 16.1. The Kier molecular flexibility index (Phi) is 5.41. The standard InChI is InChI=1S/C16H21N5O/c1-11(2)4-7-18-15-10-19-14(9-20-15)16(22)21-13-8-17-6-5-12(13)3/h5-6,8-11H,4,7H2,1-3H3,(H,18,20)(H,21,22). The van der Waals surface area contributed by atoms with Crippen LogP contribution in [-0.2, 0) is 0 Å². The Labute approximate surface area is 130 Å². The van der Waals surface area contributed by atoms with E-state index in [0.717, 1.165) is 18.5 Å². The predicted molar refractivity (Wildman–Crippen MR) is 86.9 cm³/mol. The van der Waals surface area contributed by atoms with Crippen molar-refractivity contribution in [2.24, 2.45) is 5.92 Å². The molecule has 0 aliphatic rings. The van der Waals surface area contributed by atoms with Crippen LogP contribution in [0.3, 0.4) is 0 Å². The summed E-state index contributed by atoms with van der Waals surface area (Å²) in [5.74, 6) is 1.01. The highest BCUT2D eigenvalue weighted by Gasteiger charge is 2.10. The van der Waals surface area contributed by atoms with Crippen molar-refractivity contribution in [1.29, 1.82) is 0 Å². The van der Waals surface area contributed by atoms with Gasteiger partial charge in [0.15, 0.2) is 0 Å². The summed E-state index contributed by atoms with van der Waals surface area (Å²) >= 11 is 0. The van der Waals surface area contributed by atoms with E-state index in [1.54, 1.807) is 18.6 Å². The third kappa shape index (κ3) is 4.51. The molecule has 0 saturated carbocycles. The number of anilines is 2. The van der Waals surface area contributed by atoms with Crippen LogP contribution in [0.2, 0.25) is 0 Å². The molecule has 2 heterocycles. The molecule has 2 aromatic rings. The minimum Gasteiger partial charge on any atom is -0.369 e. The zero-order valence-corrected chi connectivity index (χ0v) is 13.1. The van der Waals surface area contributed by atoms with Crippen LogP contribution in [-0.4, -0.2) is 27.4 Å². The highest BCUT2D eigenvalue weighted by molar-refractivity contribution is 6.02. The first-order chi connectivity index (χ1) is 10.6. The van der Waals surface area contributed by atoms with Crippen LogP contribution in [0.25, 0.3) is 0 Å². The fourth-order valence-corrected chi connectivity index (χ4v) is 1.81. The smallest absolute Gasteiger partial charge is 0.275 e. The second kappa shape index (κ2) is 7.49. The van der Waals surface area contributed by atoms with Crippen LogP contribution >= 0.6 is 0 Å². The lowest BCUT2D eigenvalue weighted by atomic mass is 10.1. The van der Waals surface area contributed by atoms with Crippen molar-refractivity contribution in [3.05, 3.63) is 42.1 Å². The normalized spacial score (nSPS) is 10.5. The second-order valence-corrected chi connectivity index (χ2v) is 5.54. The van der Waals surface area contributed by atoms with Crippen LogP contribution in [0.15, 0.2) is 30.9 Å². The molecule has 0 radical (unpaired) electrons. The molecule has 22 heavy (non-hydrogen) atoms. The molecular formula is C16H21N5O. The van der Waals surface area contributed by atoms with Crippen molar-refractivity contribution in [3.63, 3.8) is 0 Å². The summed E-state index contributed by atoms with van der Waals surface area (Å²) in [6.07, 6.45) is 7.40. The van der Waals surface area contributed by atoms with Crippen molar-refractivity contribution >= 4 is 17.4 Å². The summed E-state index contributed by atoms with van der Waals surface area (Å²) in [4.78, 5) is 24.5. The van der Waals surface area contributed by atoms with Gasteiger partial charge in [-0.05, 0) is 30.9 Å². The van der Waals surface area contributed by atoms with E-state index in [0.29, 0.717) is 17.4 Å². The number of nitrogens with zero attached hydrogens (tertiary/aromatic N) is 3. The lowest BCUT2D eigenvalue weighted by molar-refractivity contribution is 0.102. The number of aryl methyl sites for hydroxylation is 1. The summed E-state index contributed by atoms with van der Waals surface area (Å²) in [6, 6.07) is 1.84. The average Bonchev–Trinajstić information content (AvgIpc) is 2.50. The minimum absolute atomic E-state index is 0.276. The average molecular weight is 299 g/mol. The van der Waals surface area contributed by atoms with Crippen molar-refractivity contribution in [2.45, 2.75) is 27.2 Å². The molecule has 0 aliphatic carbocycles. The number of aromatic nitrogens is 3. The van der Waals surface area contributed by atoms with Crippen LogP contribution in [0.1, 0.15) is 36.3 Å². The van der Waals surface area contributed by atoms with Gasteiger partial charge in [0.25, 0.3) is 5.91 Å². The van der Waals surface area contributed by atoms with Gasteiger partial charge < -0.3 is 10.6 Å². The Morgan fingerprint density at radius 3 is 2.68 bits per heavy atom. The number of rotatable bonds is 6. The van der Waals surface area contributed by atoms with Gasteiger partial charge in [-0.25, -0.2) is 9.97 Å². The van der Waals surface area contributed by atoms with Gasteiger partial charge in [-0.2, -0.15) is 0 Å². The van der Waals surface area contributed by atoms with E-state index in [1.807, 2.05) is 13.0 Å². The lowest BCUT2D eigenvalue weighted by Crippen LogP contribution is -2.15. The molecule has 6 nitrogen and oxygen atoms in total. The van der Waals surface area contributed by atoms with Crippen molar-refractivity contribution < 1.29 is 4.79 Å². The molecule has 1 amide bonds. The highest BCUT2D eigenvalue weighted by Crippen LogP contribution is 2.12. The van der Waals surface area contributed by atoms with Crippen LogP contribution < -0.4 is 10.6 Å². The number of nitrogens with one attached hydrogen (secondary N) is 2. The number of carbonyl (C=O) groups is 1. The lowest BCUT2D eigenvalue weighted by Gasteiger charge is -2.09. The van der Waals surface area contributed by atoms with Crippen LogP contribution in [0, 0.1) is 12.8 Å². The minimum atomic E-state index is -0.294. The number of carbonyl (C=O) groups excluding carboxylic acids is 1. The monoisotopic (exact) mass is 299 g/mol. The Morgan fingerprint density at radius 2 is 2.05 bits per heavy atom. The van der Waals surface area contributed by atoms with E-state index in [-0.39, 0.29) is 11.6 Å². The van der Waals surface area contributed by atoms with Gasteiger partial charge in [0.1, 0.15) is 11.5 Å². The van der Waals surface area contributed by atoms with E-state index in [4.69, 9.17) is 0 Å². The molecule has 0 unspecified atom stereocenters. The van der Waals surface area contributed by atoms with E-state index in [1.165, 1.54) is 6.20 Å². The van der Waals surface area contributed by atoms with Gasteiger partial charge in [0.2, 0.25) is 0 Å². The summed E-state index contributed by atoms with van der Waals surface area (Å²) < 4.78 is 0. The summed E-state index contributed by atoms with van der Waals surface area (Å²) in [5.41, 5.74) is 1.90. The van der Waals surface area contributed by atoms with Gasteiger partial charge in [-0.1, -0.05) is 13.8 Å². The number of hydrogen-bond acceptors (Lipinski definition) is 5. The maximum absolute atomic E-state index is 12.1. The second-order valence-electron chi connectivity index (χ2n) is 5.54. The summed E-state index contributed by atoms with van der Waals surface area (Å²) in [6.45, 7) is 7.08. The summed E-state index contributed by atoms with van der Waals surface area (Å²) in [7, 11) is 0. The van der Waals surface area contributed by atoms with Crippen molar-refractivity contribution in [3.8, 4) is 0 Å². The SMILES string of the molecule is Cc1ccncc1NC(=O)c1cnc(NCCC(C)C)cn1. The maximum atomic E-state index is 12.1. The Morgan fingerprint density at radius 1 is 1.23 bits per heavy atom. The van der Waals surface area contributed by atoms with Crippen molar-refractivity contribution in [1.82, 2.24) is 15.0 Å². The zero-order chi connectivity index (χ0) is 15.9. The predicted octanol–water partition coefficient (Wildman–Crippen LogP) is 2.89. The van der Waals surface area contributed by atoms with Gasteiger partial charge in [0, 0.05) is 12.7 Å². The van der Waals surface area contributed by atoms with Crippen LogP contribution in [0.4, 0.5) is 11.5 Å². The third-order valence-corrected chi connectivity index (χ3v) is 3.20. The number of amides is 1. The maximum Gasteiger partial charge on any atom is 0.275 e. The molecule has 0 bridgehead atoms. The molecule has 0 spiro atoms. The fourth-order valence-electron chi connectivity index (χ4n) is 1.81. The zero-order valence-electron chi connectivity index (χ0n) is 13.1. The van der Waals surface area contributed by atoms with E-state index in [2.05, 4.69) is 39.4 Å². The quantitative estimate of drug-likeness (QED) is 0.857. The van der Waals surface area contributed by atoms with E-state index >= 15 is 0 Å².